The normalized spacial score (nSPS) is 10.8. The number of hydrogen-bond donors (Lipinski definition) is 1. The second kappa shape index (κ2) is 6.30. The van der Waals surface area contributed by atoms with Crippen LogP contribution in [0.15, 0.2) is 18.2 Å². The quantitative estimate of drug-likeness (QED) is 0.665. The molecule has 3 nitrogen and oxygen atoms in total. The Morgan fingerprint density at radius 3 is 2.62 bits per heavy atom. The minimum Gasteiger partial charge on any atom is -0.399 e. The summed E-state index contributed by atoms with van der Waals surface area (Å²) >= 11 is 2.32. The third-order valence-electron chi connectivity index (χ3n) is 2.44. The molecule has 1 aromatic rings. The first kappa shape index (κ1) is 13.6. The molecule has 1 aromatic carbocycles. The van der Waals surface area contributed by atoms with E-state index in [-0.39, 0.29) is 0 Å². The molecule has 0 radical (unpaired) electrons. The molecule has 0 bridgehead atoms. The average molecular weight is 334 g/mol. The summed E-state index contributed by atoms with van der Waals surface area (Å²) < 4.78 is 6.32. The lowest BCUT2D eigenvalue weighted by Gasteiger charge is -2.29. The molecule has 0 aliphatic heterocycles. The van der Waals surface area contributed by atoms with E-state index >= 15 is 0 Å². The van der Waals surface area contributed by atoms with Crippen molar-refractivity contribution in [2.45, 2.75) is 19.9 Å². The third kappa shape index (κ3) is 3.52. The van der Waals surface area contributed by atoms with Gasteiger partial charge in [-0.15, -0.1) is 0 Å². The molecular weight excluding hydrogens is 315 g/mol. The van der Waals surface area contributed by atoms with E-state index in [2.05, 4.69) is 47.4 Å². The highest BCUT2D eigenvalue weighted by Crippen LogP contribution is 2.26. The molecule has 4 heteroatoms. The van der Waals surface area contributed by atoms with Crippen molar-refractivity contribution in [2.24, 2.45) is 0 Å². The van der Waals surface area contributed by atoms with Crippen LogP contribution in [0.4, 0.5) is 11.4 Å². The van der Waals surface area contributed by atoms with Gasteiger partial charge in [0.05, 0.1) is 12.3 Å². The SMILES string of the molecule is COCCN(c1ccc(N)cc1I)C(C)C. The van der Waals surface area contributed by atoms with E-state index in [4.69, 9.17) is 10.5 Å². The highest BCUT2D eigenvalue weighted by Gasteiger charge is 2.13. The van der Waals surface area contributed by atoms with Crippen molar-refractivity contribution >= 4 is 34.0 Å². The van der Waals surface area contributed by atoms with Crippen LogP contribution in [0.25, 0.3) is 0 Å². The number of hydrogen-bond acceptors (Lipinski definition) is 3. The Kier molecular flexibility index (Phi) is 5.34. The first-order valence-corrected chi connectivity index (χ1v) is 6.44. The molecule has 0 saturated heterocycles. The number of nitrogens with two attached hydrogens (primary N) is 1. The average Bonchev–Trinajstić information content (AvgIpc) is 2.20. The first-order chi connectivity index (χ1) is 7.56. The number of anilines is 2. The number of nitrogens with zero attached hydrogens (tertiary/aromatic N) is 1. The summed E-state index contributed by atoms with van der Waals surface area (Å²) in [6.45, 7) is 6.00. The summed E-state index contributed by atoms with van der Waals surface area (Å²) in [5.74, 6) is 0. The lowest BCUT2D eigenvalue weighted by molar-refractivity contribution is 0.204. The lowest BCUT2D eigenvalue weighted by atomic mass is 10.2. The summed E-state index contributed by atoms with van der Waals surface area (Å²) in [4.78, 5) is 2.32. The van der Waals surface area contributed by atoms with Crippen LogP contribution in [0.5, 0.6) is 0 Å². The molecule has 1 rings (SSSR count). The van der Waals surface area contributed by atoms with Gasteiger partial charge in [-0.1, -0.05) is 0 Å². The molecule has 16 heavy (non-hydrogen) atoms. The van der Waals surface area contributed by atoms with Crippen LogP contribution in [-0.2, 0) is 4.74 Å². The second-order valence-corrected chi connectivity index (χ2v) is 5.15. The van der Waals surface area contributed by atoms with Crippen molar-refractivity contribution in [3.8, 4) is 0 Å². The second-order valence-electron chi connectivity index (χ2n) is 3.99. The molecule has 0 aliphatic carbocycles. The van der Waals surface area contributed by atoms with Crippen LogP contribution in [0.1, 0.15) is 13.8 Å². The van der Waals surface area contributed by atoms with Crippen molar-refractivity contribution in [2.75, 3.05) is 30.9 Å². The molecule has 0 unspecified atom stereocenters. The molecule has 0 atom stereocenters. The Balaban J connectivity index is 2.92. The topological polar surface area (TPSA) is 38.5 Å². The number of halogens is 1. The Morgan fingerprint density at radius 1 is 1.44 bits per heavy atom. The van der Waals surface area contributed by atoms with Crippen LogP contribution in [0, 0.1) is 3.57 Å². The van der Waals surface area contributed by atoms with Crippen molar-refractivity contribution in [3.63, 3.8) is 0 Å². The van der Waals surface area contributed by atoms with Gasteiger partial charge in [-0.05, 0) is 54.6 Å². The van der Waals surface area contributed by atoms with Crippen molar-refractivity contribution in [1.29, 1.82) is 0 Å². The Labute approximate surface area is 111 Å². The maximum absolute atomic E-state index is 5.76. The van der Waals surface area contributed by atoms with Gasteiger partial charge in [-0.3, -0.25) is 0 Å². The van der Waals surface area contributed by atoms with Gasteiger partial charge < -0.3 is 15.4 Å². The van der Waals surface area contributed by atoms with Crippen molar-refractivity contribution in [1.82, 2.24) is 0 Å². The maximum Gasteiger partial charge on any atom is 0.0637 e. The van der Waals surface area contributed by atoms with E-state index < -0.39 is 0 Å². The zero-order chi connectivity index (χ0) is 12.1. The molecule has 0 amide bonds. The van der Waals surface area contributed by atoms with Gasteiger partial charge in [-0.25, -0.2) is 0 Å². The summed E-state index contributed by atoms with van der Waals surface area (Å²) in [5.41, 5.74) is 7.79. The fourth-order valence-electron chi connectivity index (χ4n) is 1.60. The van der Waals surface area contributed by atoms with Gasteiger partial charge in [0.2, 0.25) is 0 Å². The molecule has 0 aliphatic rings. The van der Waals surface area contributed by atoms with Gasteiger partial charge in [-0.2, -0.15) is 0 Å². The number of benzene rings is 1. The van der Waals surface area contributed by atoms with E-state index in [1.807, 2.05) is 12.1 Å². The van der Waals surface area contributed by atoms with Crippen molar-refractivity contribution < 1.29 is 4.74 Å². The van der Waals surface area contributed by atoms with Gasteiger partial charge in [0.15, 0.2) is 0 Å². The maximum atomic E-state index is 5.76. The highest BCUT2D eigenvalue weighted by molar-refractivity contribution is 14.1. The number of nitrogen functional groups attached to an aromatic ring is 1. The van der Waals surface area contributed by atoms with Crippen molar-refractivity contribution in [3.05, 3.63) is 21.8 Å². The fraction of sp³-hybridized carbons (Fsp3) is 0.500. The predicted molar refractivity (Wildman–Crippen MR) is 77.9 cm³/mol. The summed E-state index contributed by atoms with van der Waals surface area (Å²) in [5, 5.41) is 0. The summed E-state index contributed by atoms with van der Waals surface area (Å²) in [6, 6.07) is 6.47. The van der Waals surface area contributed by atoms with Gasteiger partial charge >= 0.3 is 0 Å². The van der Waals surface area contributed by atoms with Gasteiger partial charge in [0.25, 0.3) is 0 Å². The molecule has 0 saturated carbocycles. The van der Waals surface area contributed by atoms with Crippen LogP contribution in [0.2, 0.25) is 0 Å². The zero-order valence-corrected chi connectivity index (χ0v) is 12.2. The molecule has 90 valence electrons. The van der Waals surface area contributed by atoms with E-state index in [0.29, 0.717) is 6.04 Å². The minimum atomic E-state index is 0.451. The Bertz CT molecular complexity index is 342. The van der Waals surface area contributed by atoms with E-state index in [1.54, 1.807) is 7.11 Å². The number of ether oxygens (including phenoxy) is 1. The van der Waals surface area contributed by atoms with Crippen LogP contribution in [-0.4, -0.2) is 26.3 Å². The molecular formula is C12H19IN2O. The Hall–Kier alpha value is -0.490. The van der Waals surface area contributed by atoms with E-state index in [9.17, 15) is 0 Å². The zero-order valence-electron chi connectivity index (χ0n) is 10.0. The van der Waals surface area contributed by atoms with Crippen LogP contribution in [0.3, 0.4) is 0 Å². The monoisotopic (exact) mass is 334 g/mol. The molecule has 0 aromatic heterocycles. The van der Waals surface area contributed by atoms with Crippen LogP contribution >= 0.6 is 22.6 Å². The van der Waals surface area contributed by atoms with E-state index in [1.165, 1.54) is 9.26 Å². The number of methoxy groups -OCH3 is 1. The molecule has 0 fully saturated rings. The summed E-state index contributed by atoms with van der Waals surface area (Å²) in [7, 11) is 1.73. The van der Waals surface area contributed by atoms with Gasteiger partial charge in [0, 0.05) is 29.0 Å². The summed E-state index contributed by atoms with van der Waals surface area (Å²) in [6.07, 6.45) is 0. The molecule has 0 spiro atoms. The van der Waals surface area contributed by atoms with Gasteiger partial charge in [0.1, 0.15) is 0 Å². The molecule has 2 N–H and O–H groups in total. The minimum absolute atomic E-state index is 0.451. The number of rotatable bonds is 5. The lowest BCUT2D eigenvalue weighted by Crippen LogP contribution is -2.34. The smallest absolute Gasteiger partial charge is 0.0637 e. The highest BCUT2D eigenvalue weighted by atomic mass is 127. The largest absolute Gasteiger partial charge is 0.399 e. The first-order valence-electron chi connectivity index (χ1n) is 5.37. The predicted octanol–water partition coefficient (Wildman–Crippen LogP) is 2.73. The van der Waals surface area contributed by atoms with E-state index in [0.717, 1.165) is 18.8 Å². The Morgan fingerprint density at radius 2 is 2.12 bits per heavy atom. The van der Waals surface area contributed by atoms with Crippen LogP contribution < -0.4 is 10.6 Å². The molecule has 0 heterocycles. The third-order valence-corrected chi connectivity index (χ3v) is 3.30. The standard InChI is InChI=1S/C12H19IN2O/c1-9(2)15(6-7-16-3)12-5-4-10(14)8-11(12)13/h4-5,8-9H,6-7,14H2,1-3H3. The fourth-order valence-corrected chi connectivity index (χ4v) is 2.45.